The first kappa shape index (κ1) is 24.8. The highest BCUT2D eigenvalue weighted by molar-refractivity contribution is 5.93. The summed E-state index contributed by atoms with van der Waals surface area (Å²) in [5.41, 5.74) is 2.23. The molecule has 178 valence electrons. The first-order valence-corrected chi connectivity index (χ1v) is 11.0. The Labute approximate surface area is 197 Å². The molecule has 3 heterocycles. The number of nitriles is 1. The predicted molar refractivity (Wildman–Crippen MR) is 123 cm³/mol. The van der Waals surface area contributed by atoms with Crippen molar-refractivity contribution in [2.75, 3.05) is 11.9 Å². The highest BCUT2D eigenvalue weighted by Gasteiger charge is 2.39. The standard InChI is InChI=1S/C23H26N4O5.CHN/c1-2-6-21(29)26-23-17-10-9-16(27(17)25-14-24-23)18-12-19(20(13-28)31-18)32-22(30)11-15-7-4-3-5-8-15;1-2/h3-5,7-10,14,18-20,28H,2,6,11-13H2,1H3,(H,24,25,26,29);1H. The molecule has 1 amide bonds. The Bertz CT molecular complexity index is 1130. The highest BCUT2D eigenvalue weighted by atomic mass is 16.6. The SMILES string of the molecule is C#N.CCCC(=O)Nc1ncnn2c(C3CC(OC(=O)Cc4ccccc4)C(CO)O3)ccc12. The number of esters is 1. The third-order valence-electron chi connectivity index (χ3n) is 5.40. The van der Waals surface area contributed by atoms with Crippen LogP contribution in [0.15, 0.2) is 48.8 Å². The number of carbonyl (C=O) groups excluding carboxylic acids is 2. The van der Waals surface area contributed by atoms with Gasteiger partial charge in [-0.2, -0.15) is 5.10 Å². The van der Waals surface area contributed by atoms with E-state index in [2.05, 4.69) is 22.0 Å². The van der Waals surface area contributed by atoms with E-state index < -0.39 is 18.3 Å². The Morgan fingerprint density at radius 3 is 2.74 bits per heavy atom. The van der Waals surface area contributed by atoms with E-state index in [1.165, 1.54) is 6.33 Å². The van der Waals surface area contributed by atoms with Crippen molar-refractivity contribution >= 4 is 23.2 Å². The number of hydrogen-bond acceptors (Lipinski definition) is 8. The summed E-state index contributed by atoms with van der Waals surface area (Å²) < 4.78 is 13.3. The lowest BCUT2D eigenvalue weighted by molar-refractivity contribution is -0.152. The van der Waals surface area contributed by atoms with Crippen molar-refractivity contribution in [2.45, 2.75) is 50.9 Å². The molecule has 3 unspecified atom stereocenters. The van der Waals surface area contributed by atoms with Crippen LogP contribution in [-0.2, 0) is 25.5 Å². The molecule has 2 aromatic heterocycles. The summed E-state index contributed by atoms with van der Waals surface area (Å²) in [6, 6.07) is 13.0. The second kappa shape index (κ2) is 11.9. The first-order valence-electron chi connectivity index (χ1n) is 11.0. The smallest absolute Gasteiger partial charge is 0.310 e. The van der Waals surface area contributed by atoms with Crippen molar-refractivity contribution in [1.82, 2.24) is 14.6 Å². The lowest BCUT2D eigenvalue weighted by atomic mass is 10.1. The van der Waals surface area contributed by atoms with Gasteiger partial charge in [0.25, 0.3) is 0 Å². The number of amides is 1. The Morgan fingerprint density at radius 1 is 1.26 bits per heavy atom. The fourth-order valence-electron chi connectivity index (χ4n) is 3.88. The highest BCUT2D eigenvalue weighted by Crippen LogP contribution is 2.36. The van der Waals surface area contributed by atoms with Gasteiger partial charge in [-0.25, -0.2) is 14.8 Å². The molecule has 0 radical (unpaired) electrons. The molecule has 1 aliphatic rings. The van der Waals surface area contributed by atoms with Crippen molar-refractivity contribution in [3.63, 3.8) is 0 Å². The number of anilines is 1. The van der Waals surface area contributed by atoms with E-state index in [4.69, 9.17) is 14.7 Å². The van der Waals surface area contributed by atoms with Crippen molar-refractivity contribution in [2.24, 2.45) is 0 Å². The molecular weight excluding hydrogens is 438 g/mol. The van der Waals surface area contributed by atoms with Crippen LogP contribution in [0.4, 0.5) is 5.82 Å². The van der Waals surface area contributed by atoms with Gasteiger partial charge >= 0.3 is 5.97 Å². The maximum Gasteiger partial charge on any atom is 0.310 e. The van der Waals surface area contributed by atoms with Crippen LogP contribution in [0.5, 0.6) is 0 Å². The number of ether oxygens (including phenoxy) is 2. The lowest BCUT2D eigenvalue weighted by Crippen LogP contribution is -2.30. The predicted octanol–water partition coefficient (Wildman–Crippen LogP) is 2.58. The Kier molecular flexibility index (Phi) is 8.67. The number of carbonyl (C=O) groups is 2. The minimum atomic E-state index is -0.629. The quantitative estimate of drug-likeness (QED) is 0.484. The van der Waals surface area contributed by atoms with Crippen molar-refractivity contribution in [3.8, 4) is 6.57 Å². The molecule has 0 spiro atoms. The molecule has 1 aliphatic heterocycles. The van der Waals surface area contributed by atoms with E-state index in [0.29, 0.717) is 24.2 Å². The number of nitrogens with zero attached hydrogens (tertiary/aromatic N) is 4. The largest absolute Gasteiger partial charge is 0.459 e. The van der Waals surface area contributed by atoms with E-state index in [-0.39, 0.29) is 24.9 Å². The van der Waals surface area contributed by atoms with Gasteiger partial charge in [-0.15, -0.1) is 0 Å². The molecule has 1 aromatic carbocycles. The van der Waals surface area contributed by atoms with E-state index in [9.17, 15) is 14.7 Å². The Hall–Kier alpha value is -3.81. The number of aliphatic hydroxyl groups excluding tert-OH is 1. The molecule has 1 saturated heterocycles. The number of rotatable bonds is 8. The van der Waals surface area contributed by atoms with Gasteiger partial charge in [0, 0.05) is 19.4 Å². The third kappa shape index (κ3) is 5.75. The van der Waals surface area contributed by atoms with Gasteiger partial charge in [0.1, 0.15) is 30.2 Å². The van der Waals surface area contributed by atoms with Crippen LogP contribution < -0.4 is 5.32 Å². The number of fused-ring (bicyclic) bond motifs is 1. The van der Waals surface area contributed by atoms with Gasteiger partial charge in [0.2, 0.25) is 5.91 Å². The number of aliphatic hydroxyl groups is 1. The summed E-state index contributed by atoms with van der Waals surface area (Å²) in [6.45, 7) is 5.17. The number of benzene rings is 1. The number of nitrogens with one attached hydrogen (secondary N) is 1. The van der Waals surface area contributed by atoms with E-state index in [1.54, 1.807) is 4.52 Å². The van der Waals surface area contributed by atoms with Crippen LogP contribution >= 0.6 is 0 Å². The summed E-state index contributed by atoms with van der Waals surface area (Å²) in [5, 5.41) is 23.4. The molecule has 10 nitrogen and oxygen atoms in total. The molecule has 0 bridgehead atoms. The molecule has 4 rings (SSSR count). The van der Waals surface area contributed by atoms with Crippen LogP contribution in [0.25, 0.3) is 5.52 Å². The summed E-state index contributed by atoms with van der Waals surface area (Å²) in [5.74, 6) is -0.0573. The molecule has 34 heavy (non-hydrogen) atoms. The normalized spacial score (nSPS) is 19.2. The first-order chi connectivity index (χ1) is 16.6. The number of aromatic nitrogens is 3. The zero-order valence-electron chi connectivity index (χ0n) is 18.8. The van der Waals surface area contributed by atoms with Gasteiger partial charge < -0.3 is 19.9 Å². The molecule has 0 aliphatic carbocycles. The van der Waals surface area contributed by atoms with E-state index in [0.717, 1.165) is 17.7 Å². The molecule has 1 fully saturated rings. The Balaban J connectivity index is 0.00000158. The molecule has 0 saturated carbocycles. The van der Waals surface area contributed by atoms with Gasteiger partial charge in [-0.05, 0) is 24.1 Å². The maximum absolute atomic E-state index is 12.4. The topological polar surface area (TPSA) is 139 Å². The van der Waals surface area contributed by atoms with Crippen LogP contribution in [0.3, 0.4) is 0 Å². The average Bonchev–Trinajstić information content (AvgIpc) is 3.45. The monoisotopic (exact) mass is 465 g/mol. The molecule has 2 N–H and O–H groups in total. The summed E-state index contributed by atoms with van der Waals surface area (Å²) >= 11 is 0. The zero-order chi connectivity index (χ0) is 24.5. The second-order valence-electron chi connectivity index (χ2n) is 7.73. The van der Waals surface area contributed by atoms with Gasteiger partial charge in [-0.1, -0.05) is 37.3 Å². The lowest BCUT2D eigenvalue weighted by Gasteiger charge is -2.16. The van der Waals surface area contributed by atoms with Crippen LogP contribution in [-0.4, -0.2) is 50.4 Å². The molecule has 3 atom stereocenters. The maximum atomic E-state index is 12.4. The van der Waals surface area contributed by atoms with Gasteiger partial charge in [-0.3, -0.25) is 9.59 Å². The van der Waals surface area contributed by atoms with Crippen molar-refractivity contribution in [3.05, 3.63) is 60.0 Å². The molecule has 3 aromatic rings. The van der Waals surface area contributed by atoms with E-state index in [1.807, 2.05) is 49.4 Å². The molecule has 10 heteroatoms. The van der Waals surface area contributed by atoms with Crippen molar-refractivity contribution < 1.29 is 24.2 Å². The van der Waals surface area contributed by atoms with Crippen LogP contribution in [0, 0.1) is 11.8 Å². The van der Waals surface area contributed by atoms with Crippen LogP contribution in [0.1, 0.15) is 43.5 Å². The Morgan fingerprint density at radius 2 is 2.03 bits per heavy atom. The summed E-state index contributed by atoms with van der Waals surface area (Å²) in [7, 11) is 0. The fraction of sp³-hybridized carbons (Fsp3) is 0.375. The molecular formula is C24H27N5O5. The second-order valence-corrected chi connectivity index (χ2v) is 7.73. The van der Waals surface area contributed by atoms with Crippen LogP contribution in [0.2, 0.25) is 0 Å². The van der Waals surface area contributed by atoms with Crippen molar-refractivity contribution in [1.29, 1.82) is 5.26 Å². The average molecular weight is 466 g/mol. The zero-order valence-corrected chi connectivity index (χ0v) is 18.8. The fourth-order valence-corrected chi connectivity index (χ4v) is 3.88. The van der Waals surface area contributed by atoms with Gasteiger partial charge in [0.15, 0.2) is 5.82 Å². The van der Waals surface area contributed by atoms with Gasteiger partial charge in [0.05, 0.1) is 18.7 Å². The number of hydrogen-bond donors (Lipinski definition) is 2. The van der Waals surface area contributed by atoms with E-state index >= 15 is 0 Å². The summed E-state index contributed by atoms with van der Waals surface area (Å²) in [6.07, 6.45) is 1.42. The minimum absolute atomic E-state index is 0.112. The third-order valence-corrected chi connectivity index (χ3v) is 5.40. The minimum Gasteiger partial charge on any atom is -0.459 e. The summed E-state index contributed by atoms with van der Waals surface area (Å²) in [4.78, 5) is 28.6.